The molecular weight excluding hydrogens is 2080 g/mol. The number of aryl methyl sites for hydroxylation is 1. The minimum atomic E-state index is -1.04. The Hall–Kier alpha value is -14.5. The van der Waals surface area contributed by atoms with Crippen LogP contribution in [0.1, 0.15) is 101 Å². The SMILES string of the molecule is CC1(C)c2ccccc2-c2ccc(-c3ccc(-c4ccnc(-c5cc(-c6ccc(-c7ccc8c(c7)C(C)(C)c7ccccc7-8)s6)ccn5)c4)s3)cc21.Cc1ccnc(-c2cc(-c3ccc(-c4ccc(-c5ccc6c(c5)C(C)(C)c5ccccc5-6)s4)s3)ccn2)c1.N#C[S-].N#C[S-].O=COc1ccnc(-c2cc(C(=O)O)ccn2)c1.O=COc1ccnc(-c2cc(C(=O)O)ccn2)c1.[N-]=C=S.[N-]=C=S.[Ru+2].[Ru+2]. The van der Waals surface area contributed by atoms with Crippen molar-refractivity contribution in [2.45, 2.75) is 64.7 Å². The van der Waals surface area contributed by atoms with Crippen LogP contribution in [0.2, 0.25) is 0 Å². The minimum Gasteiger partial charge on any atom is -0.753 e. The number of nitriles is 2. The molecule has 0 unspecified atom stereocenters. The summed E-state index contributed by atoms with van der Waals surface area (Å²) in [6.45, 7) is 16.7. The number of rotatable bonds is 17. The zero-order valence-electron chi connectivity index (χ0n) is 75.4. The number of benzene rings is 6. The summed E-state index contributed by atoms with van der Waals surface area (Å²) in [5.74, 6) is -1.45. The molecular formula is C110H78N12O8Ru2S8. The molecule has 0 atom stereocenters. The molecule has 0 radical (unpaired) electrons. The molecule has 0 saturated heterocycles. The molecule has 140 heavy (non-hydrogen) atoms. The van der Waals surface area contributed by atoms with Crippen molar-refractivity contribution in [3.8, 4) is 174 Å². The van der Waals surface area contributed by atoms with Crippen LogP contribution in [0.15, 0.2) is 323 Å². The number of thiophene rings is 4. The Morgan fingerprint density at radius 1 is 0.329 bits per heavy atom. The van der Waals surface area contributed by atoms with Gasteiger partial charge in [-0.3, -0.25) is 49.5 Å². The van der Waals surface area contributed by atoms with Crippen molar-refractivity contribution in [1.82, 2.24) is 39.9 Å². The van der Waals surface area contributed by atoms with Crippen LogP contribution in [0.25, 0.3) is 162 Å². The van der Waals surface area contributed by atoms with E-state index in [1.165, 1.54) is 228 Å². The van der Waals surface area contributed by atoms with Gasteiger partial charge in [-0.05, 0) is 264 Å². The molecule has 0 saturated carbocycles. The summed E-state index contributed by atoms with van der Waals surface area (Å²) in [5.41, 5.74) is 30.5. The van der Waals surface area contributed by atoms with Crippen LogP contribution < -0.4 is 9.47 Å². The van der Waals surface area contributed by atoms with Gasteiger partial charge < -0.3 is 55.8 Å². The molecule has 0 aliphatic heterocycles. The van der Waals surface area contributed by atoms with E-state index in [4.69, 9.17) is 41.5 Å². The number of carboxylic acid groups (broad SMARTS) is 2. The Bertz CT molecular complexity index is 7460. The number of fused-ring (bicyclic) bond motifs is 9. The summed E-state index contributed by atoms with van der Waals surface area (Å²) >= 11 is 22.2. The van der Waals surface area contributed by atoms with Gasteiger partial charge >= 0.3 is 50.9 Å². The summed E-state index contributed by atoms with van der Waals surface area (Å²) in [6.07, 6.45) is 13.2. The number of hydrogen-bond acceptors (Lipinski definition) is 24. The van der Waals surface area contributed by atoms with E-state index in [0.717, 1.165) is 33.9 Å². The number of ether oxygens (including phenoxy) is 2. The quantitative estimate of drug-likeness (QED) is 0.0214. The van der Waals surface area contributed by atoms with Gasteiger partial charge in [-0.2, -0.15) is 10.3 Å². The van der Waals surface area contributed by atoms with E-state index < -0.39 is 11.9 Å². The Morgan fingerprint density at radius 3 is 0.843 bits per heavy atom. The van der Waals surface area contributed by atoms with E-state index in [1.807, 2.05) is 76.2 Å². The standard InChI is InChI=1S/C48H36N2S2.C34H26N2S2.2C12H8N2O4.2CHNS.2CNS.2Ru/c1-47(2)37-11-7-5-9-33(37)35-15-13-29(25-39(35)47)43-17-19-45(51-43)31-21-23-49-41(27-31)42-28-32(22-24-50-42)46-20-18-44(52-46)30-14-16-36-34-10-6-8-12-38(34)48(3,4)40(36)26-30;1-21-14-16-35-28(18-21)29-20-23(15-17-36-29)31-11-13-33(38-31)32-12-10-30(37-32)22-8-9-25-24-6-4-5-7-26(24)34(2,3)27(25)19-22;2*15-7-18-9-2-4-14-11(6-9)10-5-8(12(16)17)1-3-13-10;4*2-1-3;;/h5-28H,1-4H3;4-20H,1-3H3;2*1-7H,(H,16,17);2*3H;;;;/q;;;;;;2*-1;2*+2/p-2. The number of thiocarbonyl (C=S) groups is 2. The van der Waals surface area contributed by atoms with E-state index in [1.54, 1.807) is 0 Å². The van der Waals surface area contributed by atoms with E-state index in [-0.39, 0.29) is 66.3 Å². The third-order valence-corrected chi connectivity index (χ3v) is 28.0. The van der Waals surface area contributed by atoms with E-state index in [2.05, 4.69) is 356 Å². The van der Waals surface area contributed by atoms with Crippen molar-refractivity contribution in [1.29, 1.82) is 10.5 Å². The Morgan fingerprint density at radius 2 is 0.557 bits per heavy atom. The van der Waals surface area contributed by atoms with Crippen molar-refractivity contribution in [3.05, 3.63) is 383 Å². The predicted octanol–water partition coefficient (Wildman–Crippen LogP) is 27.5. The van der Waals surface area contributed by atoms with Gasteiger partial charge in [0, 0.05) is 117 Å². The number of carbonyl (C=O) groups excluding carboxylic acids is 2. The maximum absolute atomic E-state index is 10.8. The summed E-state index contributed by atoms with van der Waals surface area (Å²) in [7, 11) is 0. The predicted molar refractivity (Wildman–Crippen MR) is 562 cm³/mol. The number of isothiocyanates is 2. The van der Waals surface area contributed by atoms with Crippen LogP contribution in [0.3, 0.4) is 0 Å². The first kappa shape index (κ1) is 104. The number of pyridine rings is 8. The second kappa shape index (κ2) is 47.7. The molecule has 2 N–H and O–H groups in total. The molecule has 0 spiro atoms. The van der Waals surface area contributed by atoms with Gasteiger partial charge in [-0.15, -0.1) is 45.3 Å². The van der Waals surface area contributed by atoms with Crippen LogP contribution in [0, 0.1) is 28.3 Å². The largest absolute Gasteiger partial charge is 2.00 e. The van der Waals surface area contributed by atoms with Crippen LogP contribution >= 0.6 is 69.8 Å². The first-order valence-electron chi connectivity index (χ1n) is 42.3. The van der Waals surface area contributed by atoms with Crippen molar-refractivity contribution < 1.29 is 77.8 Å². The maximum Gasteiger partial charge on any atom is 2.00 e. The number of thiocyanates is 2. The van der Waals surface area contributed by atoms with E-state index in [9.17, 15) is 19.2 Å². The molecule has 0 fully saturated rings. The molecule has 18 aromatic rings. The fourth-order valence-corrected chi connectivity index (χ4v) is 20.8. The number of hydrogen-bond donors (Lipinski definition) is 2. The molecule has 6 aromatic carbocycles. The molecule has 690 valence electrons. The topological polar surface area (TPSA) is 322 Å². The Labute approximate surface area is 872 Å². The summed E-state index contributed by atoms with van der Waals surface area (Å²) < 4.78 is 9.36. The van der Waals surface area contributed by atoms with Gasteiger partial charge in [-0.25, -0.2) is 20.1 Å². The van der Waals surface area contributed by atoms with Gasteiger partial charge in [0.15, 0.2) is 0 Å². The molecule has 20 nitrogen and oxygen atoms in total. The summed E-state index contributed by atoms with van der Waals surface area (Å²) in [6, 6.07) is 93.9. The number of carboxylic acids is 2. The molecule has 12 aromatic heterocycles. The maximum atomic E-state index is 10.8. The summed E-state index contributed by atoms with van der Waals surface area (Å²) in [4.78, 5) is 87.0. The fourth-order valence-electron chi connectivity index (χ4n) is 16.7. The third-order valence-electron chi connectivity index (χ3n) is 23.2. The van der Waals surface area contributed by atoms with Crippen LogP contribution in [0.5, 0.6) is 11.5 Å². The molecule has 0 amide bonds. The zero-order valence-corrected chi connectivity index (χ0v) is 85.4. The summed E-state index contributed by atoms with van der Waals surface area (Å²) in [5, 5.41) is 51.6. The monoisotopic (exact) mass is 2150 g/mol. The molecule has 12 heterocycles. The van der Waals surface area contributed by atoms with Crippen molar-refractivity contribution in [2.75, 3.05) is 0 Å². The van der Waals surface area contributed by atoms with Gasteiger partial charge in [-0.1, -0.05) is 186 Å². The smallest absolute Gasteiger partial charge is 0.753 e. The van der Waals surface area contributed by atoms with Crippen LogP contribution in [-0.4, -0.2) is 85.3 Å². The number of aromatic nitrogens is 8. The van der Waals surface area contributed by atoms with Crippen molar-refractivity contribution in [3.63, 3.8) is 0 Å². The van der Waals surface area contributed by atoms with Gasteiger partial charge in [0.25, 0.3) is 12.9 Å². The molecule has 21 rings (SSSR count). The number of nitrogens with zero attached hydrogens (tertiary/aromatic N) is 12. The first-order chi connectivity index (χ1) is 66.8. The van der Waals surface area contributed by atoms with Gasteiger partial charge in [0.1, 0.15) is 11.5 Å². The third kappa shape index (κ3) is 23.7. The minimum absolute atomic E-state index is 0. The number of aromatic carboxylic acids is 2. The van der Waals surface area contributed by atoms with Crippen LogP contribution in [-0.2, 0) is 90.0 Å². The second-order valence-corrected chi connectivity index (χ2v) is 37.5. The molecule has 3 aliphatic carbocycles. The normalized spacial score (nSPS) is 11.7. The van der Waals surface area contributed by atoms with E-state index in [0.29, 0.717) is 47.2 Å². The van der Waals surface area contributed by atoms with Crippen molar-refractivity contribution >= 4 is 130 Å². The Kier molecular flexibility index (Phi) is 35.6. The average molecular weight is 2150 g/mol. The second-order valence-electron chi connectivity index (χ2n) is 32.5. The Balaban J connectivity index is 0.000000174. The molecule has 30 heteroatoms. The van der Waals surface area contributed by atoms with Gasteiger partial charge in [0.05, 0.1) is 56.7 Å². The van der Waals surface area contributed by atoms with Gasteiger partial charge in [0.2, 0.25) is 0 Å². The average Bonchev–Trinajstić information content (AvgIpc) is 1.59. The fraction of sp³-hybridized carbons (Fsp3) is 0.0909. The molecule has 0 bridgehead atoms. The van der Waals surface area contributed by atoms with Crippen LogP contribution in [0.4, 0.5) is 0 Å². The number of carbonyl (C=O) groups is 4. The first-order valence-corrected chi connectivity index (χ1v) is 47.2. The van der Waals surface area contributed by atoms with Crippen molar-refractivity contribution in [2.24, 2.45) is 0 Å². The van der Waals surface area contributed by atoms with E-state index >= 15 is 0 Å². The molecule has 3 aliphatic rings. The zero-order chi connectivity index (χ0) is 97.8.